The summed E-state index contributed by atoms with van der Waals surface area (Å²) in [4.78, 5) is 47.9. The lowest BCUT2D eigenvalue weighted by Gasteiger charge is -2.21. The maximum absolute atomic E-state index is 12.9. The number of primary amides is 1. The molecule has 1 aliphatic rings. The number of carboxylic acid groups (broad SMARTS) is 1. The van der Waals surface area contributed by atoms with Gasteiger partial charge in [-0.25, -0.2) is 4.79 Å². The van der Waals surface area contributed by atoms with Gasteiger partial charge in [-0.05, 0) is 74.7 Å². The van der Waals surface area contributed by atoms with Crippen LogP contribution in [-0.4, -0.2) is 47.7 Å². The molecule has 0 fully saturated rings. The number of aliphatic carboxylic acids is 1. The number of rotatable bonds is 7. The molecule has 1 aliphatic heterocycles. The monoisotopic (exact) mass is 546 g/mol. The van der Waals surface area contributed by atoms with Crippen molar-refractivity contribution in [3.05, 3.63) is 95.1 Å². The number of benzene rings is 3. The highest BCUT2D eigenvalue weighted by atomic mass is 16.6. The second-order valence-electron chi connectivity index (χ2n) is 10.1. The van der Waals surface area contributed by atoms with Crippen molar-refractivity contribution in [3.63, 3.8) is 0 Å². The average Bonchev–Trinajstić information content (AvgIpc) is 3.38. The Hall–Kier alpha value is -4.86. The number of nitrogens with zero attached hydrogens (tertiary/aromatic N) is 1. The SMILES string of the molecule is CC(C)(C)OC(=O)NCc1cccc(C(=O)N(CC(=O)O)c2ccccc2)c1.NC(=O)c1ccc2c(c1)NCC2. The fourth-order valence-corrected chi connectivity index (χ4v) is 3.93. The zero-order valence-corrected chi connectivity index (χ0v) is 22.8. The number of carbonyl (C=O) groups is 4. The molecular weight excluding hydrogens is 512 g/mol. The molecule has 40 heavy (non-hydrogen) atoms. The van der Waals surface area contributed by atoms with E-state index in [-0.39, 0.29) is 12.5 Å². The predicted molar refractivity (Wildman–Crippen MR) is 152 cm³/mol. The third kappa shape index (κ3) is 8.87. The van der Waals surface area contributed by atoms with Crippen LogP contribution in [0.25, 0.3) is 0 Å². The molecule has 1 heterocycles. The quantitative estimate of drug-likeness (QED) is 0.347. The minimum Gasteiger partial charge on any atom is -0.480 e. The fraction of sp³-hybridized carbons (Fsp3) is 0.267. The van der Waals surface area contributed by atoms with Gasteiger partial charge in [0.2, 0.25) is 5.91 Å². The van der Waals surface area contributed by atoms with E-state index in [2.05, 4.69) is 10.6 Å². The highest BCUT2D eigenvalue weighted by molar-refractivity contribution is 6.08. The zero-order chi connectivity index (χ0) is 29.3. The Balaban J connectivity index is 0.000000302. The molecule has 0 radical (unpaired) electrons. The molecule has 3 aromatic rings. The molecule has 3 aromatic carbocycles. The molecule has 0 spiro atoms. The summed E-state index contributed by atoms with van der Waals surface area (Å²) < 4.78 is 5.19. The van der Waals surface area contributed by atoms with E-state index in [4.69, 9.17) is 10.5 Å². The lowest BCUT2D eigenvalue weighted by atomic mass is 10.1. The van der Waals surface area contributed by atoms with Gasteiger partial charge in [0.1, 0.15) is 12.1 Å². The van der Waals surface area contributed by atoms with E-state index < -0.39 is 30.1 Å². The van der Waals surface area contributed by atoms with Gasteiger partial charge in [0.25, 0.3) is 5.91 Å². The first-order valence-electron chi connectivity index (χ1n) is 12.7. The van der Waals surface area contributed by atoms with Gasteiger partial charge in [-0.15, -0.1) is 0 Å². The summed E-state index contributed by atoms with van der Waals surface area (Å²) in [5, 5.41) is 15.0. The van der Waals surface area contributed by atoms with Crippen LogP contribution in [0.4, 0.5) is 16.2 Å². The second-order valence-corrected chi connectivity index (χ2v) is 10.1. The maximum atomic E-state index is 12.9. The molecule has 4 rings (SSSR count). The molecule has 0 bridgehead atoms. The van der Waals surface area contributed by atoms with Crippen molar-refractivity contribution in [2.45, 2.75) is 39.3 Å². The van der Waals surface area contributed by atoms with Crippen LogP contribution in [0.2, 0.25) is 0 Å². The highest BCUT2D eigenvalue weighted by Crippen LogP contribution is 2.23. The molecule has 5 N–H and O–H groups in total. The van der Waals surface area contributed by atoms with Gasteiger partial charge in [0.05, 0.1) is 0 Å². The van der Waals surface area contributed by atoms with Gasteiger partial charge in [-0.2, -0.15) is 0 Å². The first-order chi connectivity index (χ1) is 18.9. The number of ether oxygens (including phenoxy) is 1. The summed E-state index contributed by atoms with van der Waals surface area (Å²) in [5.74, 6) is -1.92. The number of para-hydroxylation sites is 1. The van der Waals surface area contributed by atoms with Gasteiger partial charge in [-0.1, -0.05) is 36.4 Å². The molecule has 3 amide bonds. The number of hydrogen-bond acceptors (Lipinski definition) is 6. The Morgan fingerprint density at radius 1 is 0.975 bits per heavy atom. The molecule has 0 saturated heterocycles. The van der Waals surface area contributed by atoms with Gasteiger partial charge < -0.3 is 26.2 Å². The van der Waals surface area contributed by atoms with Crippen molar-refractivity contribution in [2.24, 2.45) is 5.73 Å². The lowest BCUT2D eigenvalue weighted by Crippen LogP contribution is -2.36. The van der Waals surface area contributed by atoms with Gasteiger partial charge >= 0.3 is 12.1 Å². The normalized spacial score (nSPS) is 11.7. The predicted octanol–water partition coefficient (Wildman–Crippen LogP) is 4.20. The minimum atomic E-state index is -1.11. The number of carbonyl (C=O) groups excluding carboxylic acids is 3. The van der Waals surface area contributed by atoms with Crippen molar-refractivity contribution in [1.82, 2.24) is 5.32 Å². The lowest BCUT2D eigenvalue weighted by molar-refractivity contribution is -0.135. The van der Waals surface area contributed by atoms with E-state index in [9.17, 15) is 24.3 Å². The number of nitrogens with one attached hydrogen (secondary N) is 2. The molecule has 10 heteroatoms. The Morgan fingerprint density at radius 3 is 2.35 bits per heavy atom. The van der Waals surface area contributed by atoms with E-state index in [0.29, 0.717) is 22.4 Å². The number of alkyl carbamates (subject to hydrolysis) is 1. The van der Waals surface area contributed by atoms with Crippen molar-refractivity contribution >= 4 is 35.3 Å². The van der Waals surface area contributed by atoms with Crippen LogP contribution in [0.3, 0.4) is 0 Å². The van der Waals surface area contributed by atoms with Crippen LogP contribution in [0.15, 0.2) is 72.8 Å². The number of hydrogen-bond donors (Lipinski definition) is 4. The van der Waals surface area contributed by atoms with E-state index in [1.807, 2.05) is 12.1 Å². The summed E-state index contributed by atoms with van der Waals surface area (Å²) in [6, 6.07) is 20.8. The Morgan fingerprint density at radius 2 is 1.70 bits per heavy atom. The third-order valence-electron chi connectivity index (χ3n) is 5.72. The van der Waals surface area contributed by atoms with E-state index >= 15 is 0 Å². The van der Waals surface area contributed by atoms with Gasteiger partial charge in [0.15, 0.2) is 0 Å². The third-order valence-corrected chi connectivity index (χ3v) is 5.72. The van der Waals surface area contributed by atoms with Crippen molar-refractivity contribution in [3.8, 4) is 0 Å². The topological polar surface area (TPSA) is 151 Å². The minimum absolute atomic E-state index is 0.181. The number of amides is 3. The fourth-order valence-electron chi connectivity index (χ4n) is 3.93. The van der Waals surface area contributed by atoms with Crippen LogP contribution >= 0.6 is 0 Å². The van der Waals surface area contributed by atoms with Crippen molar-refractivity contribution in [1.29, 1.82) is 0 Å². The standard InChI is InChI=1S/C21H24N2O5.C9H10N2O/c1-21(2,3)28-20(27)22-13-15-8-7-9-16(12-15)19(26)23(14-18(24)25)17-10-5-4-6-11-17;10-9(12)7-2-1-6-3-4-11-8(6)5-7/h4-12H,13-14H2,1-3H3,(H,22,27)(H,24,25);1-2,5,11H,3-4H2,(H2,10,12). The van der Waals surface area contributed by atoms with Crippen molar-refractivity contribution < 1.29 is 29.0 Å². The van der Waals surface area contributed by atoms with Crippen LogP contribution < -0.4 is 21.3 Å². The number of anilines is 2. The van der Waals surface area contributed by atoms with Crippen molar-refractivity contribution in [2.75, 3.05) is 23.3 Å². The summed E-state index contributed by atoms with van der Waals surface area (Å²) >= 11 is 0. The molecule has 210 valence electrons. The number of nitrogens with two attached hydrogens (primary N) is 1. The Labute approximate surface area is 233 Å². The van der Waals surface area contributed by atoms with Crippen LogP contribution in [0.1, 0.15) is 52.6 Å². The Bertz CT molecular complexity index is 1370. The van der Waals surface area contributed by atoms with Crippen LogP contribution in [0.5, 0.6) is 0 Å². The molecule has 0 unspecified atom stereocenters. The van der Waals surface area contributed by atoms with Crippen LogP contribution in [0, 0.1) is 0 Å². The molecule has 0 atom stereocenters. The van der Waals surface area contributed by atoms with Gasteiger partial charge in [-0.3, -0.25) is 19.3 Å². The molecule has 0 aromatic heterocycles. The Kier molecular flexibility index (Phi) is 9.86. The highest BCUT2D eigenvalue weighted by Gasteiger charge is 2.21. The maximum Gasteiger partial charge on any atom is 0.407 e. The van der Waals surface area contributed by atoms with E-state index in [0.717, 1.165) is 18.7 Å². The molecular formula is C30H34N4O6. The smallest absolute Gasteiger partial charge is 0.407 e. The average molecular weight is 547 g/mol. The number of fused-ring (bicyclic) bond motifs is 1. The largest absolute Gasteiger partial charge is 0.480 e. The van der Waals surface area contributed by atoms with Crippen LogP contribution in [-0.2, 0) is 22.5 Å². The first kappa shape index (κ1) is 29.7. The molecule has 0 aliphatic carbocycles. The number of carboxylic acids is 1. The summed E-state index contributed by atoms with van der Waals surface area (Å²) in [6.45, 7) is 5.99. The second kappa shape index (κ2) is 13.3. The molecule has 0 saturated carbocycles. The summed E-state index contributed by atoms with van der Waals surface area (Å²) in [7, 11) is 0. The van der Waals surface area contributed by atoms with Gasteiger partial charge in [0, 0.05) is 35.6 Å². The summed E-state index contributed by atoms with van der Waals surface area (Å²) in [6.07, 6.45) is 0.481. The van der Waals surface area contributed by atoms with E-state index in [1.54, 1.807) is 81.4 Å². The zero-order valence-electron chi connectivity index (χ0n) is 22.8. The summed E-state index contributed by atoms with van der Waals surface area (Å²) in [5.41, 5.74) is 8.94. The van der Waals surface area contributed by atoms with E-state index in [1.165, 1.54) is 10.5 Å². The molecule has 10 nitrogen and oxygen atoms in total. The first-order valence-corrected chi connectivity index (χ1v) is 12.7.